The summed E-state index contributed by atoms with van der Waals surface area (Å²) in [6.07, 6.45) is 4.50. The standard InChI is InChI=1S/C12H17N3S/c1-16-7-3-2-6-15-11-5-4-10(9-13)12(14)8-11/h4-5,8,15H,2-3,6-7,14H2,1H3. The number of hydrogen-bond acceptors (Lipinski definition) is 4. The van der Waals surface area contributed by atoms with Gasteiger partial charge in [0.15, 0.2) is 0 Å². The van der Waals surface area contributed by atoms with Crippen LogP contribution in [-0.2, 0) is 0 Å². The lowest BCUT2D eigenvalue weighted by Crippen LogP contribution is -2.02. The van der Waals surface area contributed by atoms with Crippen LogP contribution in [0.4, 0.5) is 11.4 Å². The van der Waals surface area contributed by atoms with Gasteiger partial charge in [-0.2, -0.15) is 17.0 Å². The van der Waals surface area contributed by atoms with E-state index in [1.807, 2.05) is 23.9 Å². The topological polar surface area (TPSA) is 61.8 Å². The first kappa shape index (κ1) is 12.7. The fraction of sp³-hybridized carbons (Fsp3) is 0.417. The molecule has 0 fully saturated rings. The number of unbranched alkanes of at least 4 members (excludes halogenated alkanes) is 1. The summed E-state index contributed by atoms with van der Waals surface area (Å²) in [5, 5.41) is 12.0. The SMILES string of the molecule is CSCCCCNc1ccc(C#N)c(N)c1. The van der Waals surface area contributed by atoms with Crippen molar-refractivity contribution in [2.75, 3.05) is 29.6 Å². The second-order valence-electron chi connectivity index (χ2n) is 3.54. The number of anilines is 2. The molecule has 4 heteroatoms. The highest BCUT2D eigenvalue weighted by Gasteiger charge is 1.98. The highest BCUT2D eigenvalue weighted by molar-refractivity contribution is 7.98. The summed E-state index contributed by atoms with van der Waals surface area (Å²) in [6.45, 7) is 0.950. The molecular weight excluding hydrogens is 218 g/mol. The second-order valence-corrected chi connectivity index (χ2v) is 4.53. The van der Waals surface area contributed by atoms with Crippen LogP contribution in [-0.4, -0.2) is 18.6 Å². The first-order valence-corrected chi connectivity index (χ1v) is 6.69. The fourth-order valence-electron chi connectivity index (χ4n) is 1.38. The van der Waals surface area contributed by atoms with Crippen LogP contribution in [0.5, 0.6) is 0 Å². The van der Waals surface area contributed by atoms with E-state index < -0.39 is 0 Å². The van der Waals surface area contributed by atoms with Gasteiger partial charge in [0.1, 0.15) is 6.07 Å². The summed E-state index contributed by atoms with van der Waals surface area (Å²) in [6, 6.07) is 7.51. The summed E-state index contributed by atoms with van der Waals surface area (Å²) < 4.78 is 0. The molecule has 0 aliphatic carbocycles. The zero-order valence-corrected chi connectivity index (χ0v) is 10.3. The van der Waals surface area contributed by atoms with Crippen molar-refractivity contribution in [3.05, 3.63) is 23.8 Å². The Morgan fingerprint density at radius 1 is 1.44 bits per heavy atom. The Labute approximate surface area is 101 Å². The maximum atomic E-state index is 8.73. The second kappa shape index (κ2) is 7.02. The predicted octanol–water partition coefficient (Wildman–Crippen LogP) is 2.70. The van der Waals surface area contributed by atoms with Crippen LogP contribution >= 0.6 is 11.8 Å². The molecule has 0 amide bonds. The van der Waals surface area contributed by atoms with Gasteiger partial charge >= 0.3 is 0 Å². The molecule has 0 aliphatic heterocycles. The molecule has 16 heavy (non-hydrogen) atoms. The average molecular weight is 235 g/mol. The smallest absolute Gasteiger partial charge is 0.101 e. The van der Waals surface area contributed by atoms with Crippen molar-refractivity contribution >= 4 is 23.1 Å². The molecule has 1 aromatic rings. The summed E-state index contributed by atoms with van der Waals surface area (Å²) in [5.41, 5.74) is 7.78. The zero-order chi connectivity index (χ0) is 11.8. The maximum Gasteiger partial charge on any atom is 0.101 e. The molecule has 0 atom stereocenters. The molecule has 0 spiro atoms. The van der Waals surface area contributed by atoms with E-state index in [0.29, 0.717) is 11.3 Å². The van der Waals surface area contributed by atoms with Crippen molar-refractivity contribution in [1.29, 1.82) is 5.26 Å². The lowest BCUT2D eigenvalue weighted by Gasteiger charge is -2.07. The predicted molar refractivity (Wildman–Crippen MR) is 71.7 cm³/mol. The molecule has 0 saturated carbocycles. The van der Waals surface area contributed by atoms with E-state index >= 15 is 0 Å². The number of nitrogen functional groups attached to an aromatic ring is 1. The first-order chi connectivity index (χ1) is 7.77. The summed E-state index contributed by atoms with van der Waals surface area (Å²) in [7, 11) is 0. The minimum Gasteiger partial charge on any atom is -0.398 e. The first-order valence-electron chi connectivity index (χ1n) is 5.30. The maximum absolute atomic E-state index is 8.73. The Morgan fingerprint density at radius 2 is 2.25 bits per heavy atom. The van der Waals surface area contributed by atoms with Crippen LogP contribution in [0, 0.1) is 11.3 Å². The van der Waals surface area contributed by atoms with Gasteiger partial charge in [-0.1, -0.05) is 0 Å². The van der Waals surface area contributed by atoms with Crippen molar-refractivity contribution < 1.29 is 0 Å². The van der Waals surface area contributed by atoms with Gasteiger partial charge in [-0.25, -0.2) is 0 Å². The fourth-order valence-corrected chi connectivity index (χ4v) is 1.87. The van der Waals surface area contributed by atoms with Gasteiger partial charge < -0.3 is 11.1 Å². The van der Waals surface area contributed by atoms with Crippen molar-refractivity contribution in [1.82, 2.24) is 0 Å². The molecule has 0 heterocycles. The Bertz CT molecular complexity index is 371. The number of nitrogens with one attached hydrogen (secondary N) is 1. The highest BCUT2D eigenvalue weighted by atomic mass is 32.2. The third-order valence-electron chi connectivity index (χ3n) is 2.28. The quantitative estimate of drug-likeness (QED) is 0.588. The molecule has 0 unspecified atom stereocenters. The molecule has 0 aromatic heterocycles. The van der Waals surface area contributed by atoms with Crippen LogP contribution in [0.3, 0.4) is 0 Å². The van der Waals surface area contributed by atoms with Gasteiger partial charge in [0.2, 0.25) is 0 Å². The normalized spacial score (nSPS) is 9.75. The lowest BCUT2D eigenvalue weighted by molar-refractivity contribution is 0.843. The Morgan fingerprint density at radius 3 is 2.88 bits per heavy atom. The van der Waals surface area contributed by atoms with E-state index in [2.05, 4.69) is 17.6 Å². The van der Waals surface area contributed by atoms with Crippen LogP contribution < -0.4 is 11.1 Å². The zero-order valence-electron chi connectivity index (χ0n) is 9.49. The molecule has 1 rings (SSSR count). The van der Waals surface area contributed by atoms with Gasteiger partial charge in [0.25, 0.3) is 0 Å². The Hall–Kier alpha value is -1.34. The van der Waals surface area contributed by atoms with E-state index in [4.69, 9.17) is 11.0 Å². The molecule has 86 valence electrons. The molecular formula is C12H17N3S. The molecule has 3 N–H and O–H groups in total. The lowest BCUT2D eigenvalue weighted by atomic mass is 10.2. The van der Waals surface area contributed by atoms with Gasteiger partial charge in [-0.3, -0.25) is 0 Å². The minimum absolute atomic E-state index is 0.535. The number of hydrogen-bond donors (Lipinski definition) is 2. The number of thioether (sulfide) groups is 1. The molecule has 0 bridgehead atoms. The van der Waals surface area contributed by atoms with Crippen LogP contribution in [0.15, 0.2) is 18.2 Å². The molecule has 0 radical (unpaired) electrons. The van der Waals surface area contributed by atoms with Crippen LogP contribution in [0.2, 0.25) is 0 Å². The van der Waals surface area contributed by atoms with Gasteiger partial charge in [-0.15, -0.1) is 0 Å². The molecule has 0 saturated heterocycles. The van der Waals surface area contributed by atoms with E-state index in [9.17, 15) is 0 Å². The van der Waals surface area contributed by atoms with Gasteiger partial charge in [-0.05, 0) is 43.0 Å². The van der Waals surface area contributed by atoms with Crippen molar-refractivity contribution in [3.8, 4) is 6.07 Å². The Balaban J connectivity index is 2.38. The minimum atomic E-state index is 0.535. The monoisotopic (exact) mass is 235 g/mol. The molecule has 3 nitrogen and oxygen atoms in total. The summed E-state index contributed by atoms with van der Waals surface area (Å²) in [5.74, 6) is 1.21. The third kappa shape index (κ3) is 4.03. The highest BCUT2D eigenvalue weighted by Crippen LogP contribution is 2.17. The van der Waals surface area contributed by atoms with E-state index in [-0.39, 0.29) is 0 Å². The Kier molecular flexibility index (Phi) is 5.58. The number of nitrogens with zero attached hydrogens (tertiary/aromatic N) is 1. The van der Waals surface area contributed by atoms with E-state index in [0.717, 1.165) is 18.7 Å². The number of nitriles is 1. The van der Waals surface area contributed by atoms with E-state index in [1.165, 1.54) is 12.2 Å². The molecule has 1 aromatic carbocycles. The van der Waals surface area contributed by atoms with Crippen molar-refractivity contribution in [2.45, 2.75) is 12.8 Å². The summed E-state index contributed by atoms with van der Waals surface area (Å²) in [4.78, 5) is 0. The number of rotatable bonds is 6. The van der Waals surface area contributed by atoms with Crippen molar-refractivity contribution in [3.63, 3.8) is 0 Å². The van der Waals surface area contributed by atoms with Gasteiger partial charge in [0, 0.05) is 12.2 Å². The van der Waals surface area contributed by atoms with Crippen molar-refractivity contribution in [2.24, 2.45) is 0 Å². The largest absolute Gasteiger partial charge is 0.398 e. The average Bonchev–Trinajstić information content (AvgIpc) is 2.29. The third-order valence-corrected chi connectivity index (χ3v) is 2.97. The summed E-state index contributed by atoms with van der Waals surface area (Å²) >= 11 is 1.87. The number of nitrogens with two attached hydrogens (primary N) is 1. The van der Waals surface area contributed by atoms with Crippen LogP contribution in [0.25, 0.3) is 0 Å². The van der Waals surface area contributed by atoms with Crippen LogP contribution in [0.1, 0.15) is 18.4 Å². The van der Waals surface area contributed by atoms with Gasteiger partial charge in [0.05, 0.1) is 11.3 Å². The number of benzene rings is 1. The van der Waals surface area contributed by atoms with E-state index in [1.54, 1.807) is 6.07 Å². The molecule has 0 aliphatic rings.